The second kappa shape index (κ2) is 2.78. The minimum atomic E-state index is -0.0712. The van der Waals surface area contributed by atoms with E-state index in [1.54, 1.807) is 0 Å². The van der Waals surface area contributed by atoms with Crippen molar-refractivity contribution < 1.29 is 5.11 Å². The molecule has 0 bridgehead atoms. The highest BCUT2D eigenvalue weighted by atomic mass is 16.3. The van der Waals surface area contributed by atoms with Crippen LogP contribution in [0.15, 0.2) is 18.5 Å². The van der Waals surface area contributed by atoms with Crippen LogP contribution in [0.25, 0.3) is 0 Å². The van der Waals surface area contributed by atoms with E-state index in [-0.39, 0.29) is 12.1 Å². The summed E-state index contributed by atoms with van der Waals surface area (Å²) in [7, 11) is 0. The molecule has 1 aromatic heterocycles. The van der Waals surface area contributed by atoms with Gasteiger partial charge in [0.15, 0.2) is 0 Å². The van der Waals surface area contributed by atoms with Crippen LogP contribution in [0.4, 0.5) is 0 Å². The lowest BCUT2D eigenvalue weighted by Crippen LogP contribution is -2.38. The van der Waals surface area contributed by atoms with Gasteiger partial charge in [0.25, 0.3) is 0 Å². The Morgan fingerprint density at radius 1 is 1.57 bits per heavy atom. The SMILES string of the molecule is OCC12CCCN1Cc1cnccc12. The second-order valence-electron chi connectivity index (χ2n) is 4.25. The van der Waals surface area contributed by atoms with E-state index in [0.29, 0.717) is 0 Å². The van der Waals surface area contributed by atoms with E-state index < -0.39 is 0 Å². The third-order valence-corrected chi connectivity index (χ3v) is 3.65. The highest BCUT2D eigenvalue weighted by molar-refractivity contribution is 5.37. The number of pyridine rings is 1. The summed E-state index contributed by atoms with van der Waals surface area (Å²) in [5, 5.41) is 9.61. The summed E-state index contributed by atoms with van der Waals surface area (Å²) in [5.74, 6) is 0. The molecule has 14 heavy (non-hydrogen) atoms. The summed E-state index contributed by atoms with van der Waals surface area (Å²) in [4.78, 5) is 6.53. The molecule has 3 heteroatoms. The first kappa shape index (κ1) is 8.38. The number of rotatable bonds is 1. The van der Waals surface area contributed by atoms with Crippen molar-refractivity contribution in [1.82, 2.24) is 9.88 Å². The van der Waals surface area contributed by atoms with Gasteiger partial charge in [0, 0.05) is 18.9 Å². The number of hydrogen-bond donors (Lipinski definition) is 1. The van der Waals surface area contributed by atoms with Gasteiger partial charge in [-0.15, -0.1) is 0 Å². The van der Waals surface area contributed by atoms with E-state index in [2.05, 4.69) is 16.0 Å². The molecular weight excluding hydrogens is 176 g/mol. The van der Waals surface area contributed by atoms with Crippen molar-refractivity contribution in [3.8, 4) is 0 Å². The van der Waals surface area contributed by atoms with Crippen LogP contribution >= 0.6 is 0 Å². The van der Waals surface area contributed by atoms with Gasteiger partial charge in [0.05, 0.1) is 12.1 Å². The summed E-state index contributed by atoms with van der Waals surface area (Å²) < 4.78 is 0. The molecule has 1 atom stereocenters. The van der Waals surface area contributed by atoms with Gasteiger partial charge < -0.3 is 5.11 Å². The average Bonchev–Trinajstić information content (AvgIpc) is 2.73. The van der Waals surface area contributed by atoms with Gasteiger partial charge in [-0.25, -0.2) is 0 Å². The minimum absolute atomic E-state index is 0.0712. The van der Waals surface area contributed by atoms with Crippen LogP contribution in [0.5, 0.6) is 0 Å². The zero-order valence-electron chi connectivity index (χ0n) is 8.11. The summed E-state index contributed by atoms with van der Waals surface area (Å²) in [6.07, 6.45) is 6.05. The van der Waals surface area contributed by atoms with Crippen molar-refractivity contribution in [2.45, 2.75) is 24.9 Å². The van der Waals surface area contributed by atoms with E-state index in [9.17, 15) is 5.11 Å². The first-order valence-corrected chi connectivity index (χ1v) is 5.16. The van der Waals surface area contributed by atoms with Gasteiger partial charge in [-0.2, -0.15) is 0 Å². The molecule has 3 nitrogen and oxygen atoms in total. The standard InChI is InChI=1S/C11H14N2O/c14-8-11-3-1-5-13(11)7-9-6-12-4-2-10(9)11/h2,4,6,14H,1,3,5,7-8H2. The molecule has 1 N–H and O–H groups in total. The Bertz CT molecular complexity index is 366. The maximum Gasteiger partial charge on any atom is 0.0701 e. The van der Waals surface area contributed by atoms with Crippen molar-refractivity contribution in [1.29, 1.82) is 0 Å². The van der Waals surface area contributed by atoms with E-state index in [1.165, 1.54) is 17.5 Å². The van der Waals surface area contributed by atoms with E-state index in [1.807, 2.05) is 12.4 Å². The monoisotopic (exact) mass is 190 g/mol. The summed E-state index contributed by atoms with van der Waals surface area (Å²) in [5.41, 5.74) is 2.52. The molecule has 0 saturated carbocycles. The molecule has 0 spiro atoms. The van der Waals surface area contributed by atoms with Crippen molar-refractivity contribution >= 4 is 0 Å². The summed E-state index contributed by atoms with van der Waals surface area (Å²) in [6.45, 7) is 2.31. The molecule has 74 valence electrons. The lowest BCUT2D eigenvalue weighted by atomic mass is 9.90. The van der Waals surface area contributed by atoms with Crippen LogP contribution in [-0.4, -0.2) is 28.1 Å². The molecule has 1 aromatic rings. The Balaban J connectivity index is 2.15. The Morgan fingerprint density at radius 2 is 2.50 bits per heavy atom. The van der Waals surface area contributed by atoms with Crippen molar-refractivity contribution in [3.05, 3.63) is 29.6 Å². The second-order valence-corrected chi connectivity index (χ2v) is 4.25. The molecule has 2 aliphatic rings. The van der Waals surface area contributed by atoms with Gasteiger partial charge >= 0.3 is 0 Å². The van der Waals surface area contributed by atoms with Gasteiger partial charge in [-0.1, -0.05) is 0 Å². The predicted octanol–water partition coefficient (Wildman–Crippen LogP) is 0.879. The average molecular weight is 190 g/mol. The zero-order chi connectivity index (χ0) is 9.60. The molecule has 1 fully saturated rings. The molecule has 0 amide bonds. The molecule has 0 aromatic carbocycles. The van der Waals surface area contributed by atoms with Crippen LogP contribution in [0.2, 0.25) is 0 Å². The van der Waals surface area contributed by atoms with Gasteiger partial charge in [-0.05, 0) is 36.6 Å². The van der Waals surface area contributed by atoms with E-state index in [4.69, 9.17) is 0 Å². The number of fused-ring (bicyclic) bond motifs is 3. The topological polar surface area (TPSA) is 36.4 Å². The number of aromatic nitrogens is 1. The fourth-order valence-electron chi connectivity index (χ4n) is 2.95. The van der Waals surface area contributed by atoms with E-state index >= 15 is 0 Å². The Morgan fingerprint density at radius 3 is 3.36 bits per heavy atom. The lowest BCUT2D eigenvalue weighted by Gasteiger charge is -2.30. The van der Waals surface area contributed by atoms with Crippen LogP contribution in [0.1, 0.15) is 24.0 Å². The maximum atomic E-state index is 9.61. The van der Waals surface area contributed by atoms with Crippen molar-refractivity contribution in [3.63, 3.8) is 0 Å². The number of hydrogen-bond acceptors (Lipinski definition) is 3. The summed E-state index contributed by atoms with van der Waals surface area (Å²) >= 11 is 0. The Kier molecular flexibility index (Phi) is 1.66. The molecular formula is C11H14N2O. The third-order valence-electron chi connectivity index (χ3n) is 3.65. The minimum Gasteiger partial charge on any atom is -0.394 e. The van der Waals surface area contributed by atoms with Gasteiger partial charge in [-0.3, -0.25) is 9.88 Å². The fraction of sp³-hybridized carbons (Fsp3) is 0.545. The quantitative estimate of drug-likeness (QED) is 0.714. The first-order valence-electron chi connectivity index (χ1n) is 5.16. The number of nitrogens with zero attached hydrogens (tertiary/aromatic N) is 2. The Labute approximate surface area is 83.4 Å². The molecule has 3 rings (SSSR count). The van der Waals surface area contributed by atoms with Crippen LogP contribution in [-0.2, 0) is 12.1 Å². The van der Waals surface area contributed by atoms with Crippen molar-refractivity contribution in [2.24, 2.45) is 0 Å². The van der Waals surface area contributed by atoms with E-state index in [0.717, 1.165) is 19.5 Å². The van der Waals surface area contributed by atoms with Crippen LogP contribution in [0, 0.1) is 0 Å². The Hall–Kier alpha value is -0.930. The lowest BCUT2D eigenvalue weighted by molar-refractivity contribution is 0.0752. The number of aliphatic hydroxyl groups excluding tert-OH is 1. The smallest absolute Gasteiger partial charge is 0.0701 e. The molecule has 3 heterocycles. The van der Waals surface area contributed by atoms with Gasteiger partial charge in [0.2, 0.25) is 0 Å². The normalized spacial score (nSPS) is 30.4. The van der Waals surface area contributed by atoms with Crippen molar-refractivity contribution in [2.75, 3.05) is 13.2 Å². The third kappa shape index (κ3) is 0.863. The molecule has 1 unspecified atom stereocenters. The first-order chi connectivity index (χ1) is 6.87. The van der Waals surface area contributed by atoms with Gasteiger partial charge in [0.1, 0.15) is 0 Å². The van der Waals surface area contributed by atoms with Crippen LogP contribution < -0.4 is 0 Å². The zero-order valence-corrected chi connectivity index (χ0v) is 8.11. The molecule has 1 saturated heterocycles. The predicted molar refractivity (Wildman–Crippen MR) is 52.6 cm³/mol. The molecule has 0 radical (unpaired) electrons. The highest BCUT2D eigenvalue weighted by Crippen LogP contribution is 2.45. The maximum absolute atomic E-state index is 9.61. The molecule has 0 aliphatic carbocycles. The fourth-order valence-corrected chi connectivity index (χ4v) is 2.95. The largest absolute Gasteiger partial charge is 0.394 e. The summed E-state index contributed by atoms with van der Waals surface area (Å²) in [6, 6.07) is 2.07. The number of aliphatic hydroxyl groups is 1. The highest BCUT2D eigenvalue weighted by Gasteiger charge is 2.47. The van der Waals surface area contributed by atoms with Crippen LogP contribution in [0.3, 0.4) is 0 Å². The molecule has 2 aliphatic heterocycles.